The van der Waals surface area contributed by atoms with Crippen LogP contribution in [0.25, 0.3) is 0 Å². The SMILES string of the molecule is CCC1CCCCN1C(=O)C1(C(=O)N2CCN(c3cccc(C)c3)CC2)CC1. The Kier molecular flexibility index (Phi) is 5.35. The van der Waals surface area contributed by atoms with Crippen LogP contribution in [0.3, 0.4) is 0 Å². The molecule has 152 valence electrons. The van der Waals surface area contributed by atoms with Gasteiger partial charge in [-0.15, -0.1) is 0 Å². The van der Waals surface area contributed by atoms with E-state index in [1.165, 1.54) is 17.7 Å². The number of rotatable bonds is 4. The number of hydrogen-bond acceptors (Lipinski definition) is 3. The Labute approximate surface area is 168 Å². The van der Waals surface area contributed by atoms with Crippen molar-refractivity contribution in [1.29, 1.82) is 0 Å². The van der Waals surface area contributed by atoms with Gasteiger partial charge in [-0.05, 0) is 63.1 Å². The van der Waals surface area contributed by atoms with Crippen molar-refractivity contribution in [3.63, 3.8) is 0 Å². The van der Waals surface area contributed by atoms with Crippen LogP contribution in [0.5, 0.6) is 0 Å². The maximum absolute atomic E-state index is 13.3. The van der Waals surface area contributed by atoms with Crippen LogP contribution in [0.4, 0.5) is 5.69 Å². The molecule has 0 aromatic heterocycles. The van der Waals surface area contributed by atoms with E-state index in [-0.39, 0.29) is 11.8 Å². The molecule has 3 aliphatic rings. The summed E-state index contributed by atoms with van der Waals surface area (Å²) in [5.74, 6) is 0.201. The molecular formula is C23H33N3O2. The second-order valence-electron chi connectivity index (χ2n) is 8.76. The zero-order valence-corrected chi connectivity index (χ0v) is 17.3. The highest BCUT2D eigenvalue weighted by atomic mass is 16.2. The van der Waals surface area contributed by atoms with Crippen molar-refractivity contribution in [2.75, 3.05) is 37.6 Å². The topological polar surface area (TPSA) is 43.9 Å². The molecule has 2 aliphatic heterocycles. The van der Waals surface area contributed by atoms with E-state index in [0.717, 1.165) is 51.7 Å². The van der Waals surface area contributed by atoms with Crippen LogP contribution in [-0.2, 0) is 9.59 Å². The molecule has 0 bridgehead atoms. The van der Waals surface area contributed by atoms with Crippen LogP contribution >= 0.6 is 0 Å². The molecule has 2 saturated heterocycles. The van der Waals surface area contributed by atoms with E-state index in [0.29, 0.717) is 19.1 Å². The zero-order chi connectivity index (χ0) is 19.7. The Morgan fingerprint density at radius 3 is 2.43 bits per heavy atom. The highest BCUT2D eigenvalue weighted by Gasteiger charge is 2.60. The third kappa shape index (κ3) is 3.51. The minimum absolute atomic E-state index is 0.0850. The molecule has 2 heterocycles. The van der Waals surface area contributed by atoms with E-state index < -0.39 is 5.41 Å². The van der Waals surface area contributed by atoms with Gasteiger partial charge in [0.2, 0.25) is 11.8 Å². The van der Waals surface area contributed by atoms with E-state index in [1.807, 2.05) is 9.80 Å². The molecule has 1 saturated carbocycles. The fraction of sp³-hybridized carbons (Fsp3) is 0.652. The number of likely N-dealkylation sites (tertiary alicyclic amines) is 1. The Morgan fingerprint density at radius 2 is 1.79 bits per heavy atom. The molecule has 1 aromatic carbocycles. The predicted molar refractivity (Wildman–Crippen MR) is 111 cm³/mol. The van der Waals surface area contributed by atoms with Gasteiger partial charge in [-0.25, -0.2) is 0 Å². The second-order valence-corrected chi connectivity index (χ2v) is 8.76. The van der Waals surface area contributed by atoms with Crippen molar-refractivity contribution in [3.8, 4) is 0 Å². The quantitative estimate of drug-likeness (QED) is 0.750. The predicted octanol–water partition coefficient (Wildman–Crippen LogP) is 3.21. The van der Waals surface area contributed by atoms with Gasteiger partial charge in [-0.1, -0.05) is 19.1 Å². The van der Waals surface area contributed by atoms with E-state index in [2.05, 4.69) is 43.0 Å². The van der Waals surface area contributed by atoms with Crippen molar-refractivity contribution < 1.29 is 9.59 Å². The number of piperidine rings is 1. The van der Waals surface area contributed by atoms with Crippen LogP contribution in [0.15, 0.2) is 24.3 Å². The number of carbonyl (C=O) groups is 2. The van der Waals surface area contributed by atoms with Crippen LogP contribution in [0.2, 0.25) is 0 Å². The highest BCUT2D eigenvalue weighted by molar-refractivity contribution is 6.08. The second kappa shape index (κ2) is 7.76. The molecule has 4 rings (SSSR count). The first kappa shape index (κ1) is 19.3. The summed E-state index contributed by atoms with van der Waals surface area (Å²) in [5, 5.41) is 0. The van der Waals surface area contributed by atoms with E-state index >= 15 is 0 Å². The van der Waals surface area contributed by atoms with Gasteiger partial charge in [0, 0.05) is 44.5 Å². The normalized spacial score (nSPS) is 24.2. The minimum atomic E-state index is -0.740. The van der Waals surface area contributed by atoms with Gasteiger partial charge < -0.3 is 14.7 Å². The number of aryl methyl sites for hydroxylation is 1. The lowest BCUT2D eigenvalue weighted by atomic mass is 9.95. The summed E-state index contributed by atoms with van der Waals surface area (Å²) in [6, 6.07) is 8.85. The number of hydrogen-bond donors (Lipinski definition) is 0. The fourth-order valence-corrected chi connectivity index (χ4v) is 4.91. The Morgan fingerprint density at radius 1 is 1.04 bits per heavy atom. The molecule has 0 radical (unpaired) electrons. The third-order valence-electron chi connectivity index (χ3n) is 6.86. The molecule has 1 atom stereocenters. The van der Waals surface area contributed by atoms with Crippen molar-refractivity contribution in [1.82, 2.24) is 9.80 Å². The van der Waals surface area contributed by atoms with Crippen molar-refractivity contribution in [3.05, 3.63) is 29.8 Å². The average molecular weight is 384 g/mol. The largest absolute Gasteiger partial charge is 0.368 e. The lowest BCUT2D eigenvalue weighted by molar-refractivity contribution is -0.152. The molecule has 0 N–H and O–H groups in total. The molecule has 0 spiro atoms. The average Bonchev–Trinajstić information content (AvgIpc) is 3.55. The van der Waals surface area contributed by atoms with Gasteiger partial charge in [-0.2, -0.15) is 0 Å². The molecular weight excluding hydrogens is 350 g/mol. The third-order valence-corrected chi connectivity index (χ3v) is 6.86. The molecule has 1 unspecified atom stereocenters. The summed E-state index contributed by atoms with van der Waals surface area (Å²) in [5.41, 5.74) is 1.74. The van der Waals surface area contributed by atoms with E-state index in [4.69, 9.17) is 0 Å². The molecule has 5 nitrogen and oxygen atoms in total. The smallest absolute Gasteiger partial charge is 0.238 e. The van der Waals surface area contributed by atoms with Crippen LogP contribution in [0.1, 0.15) is 51.0 Å². The minimum Gasteiger partial charge on any atom is -0.368 e. The van der Waals surface area contributed by atoms with Crippen molar-refractivity contribution in [2.45, 2.75) is 58.4 Å². The standard InChI is InChI=1S/C23H33N3O2/c1-3-19-8-4-5-12-26(19)22(28)23(10-11-23)21(27)25-15-13-24(14-16-25)20-9-6-7-18(2)17-20/h6-7,9,17,19H,3-5,8,10-16H2,1-2H3. The Balaban J connectivity index is 1.40. The Hall–Kier alpha value is -2.04. The van der Waals surface area contributed by atoms with Crippen LogP contribution in [0, 0.1) is 12.3 Å². The highest BCUT2D eigenvalue weighted by Crippen LogP contribution is 2.50. The van der Waals surface area contributed by atoms with Gasteiger partial charge in [0.05, 0.1) is 0 Å². The summed E-state index contributed by atoms with van der Waals surface area (Å²) >= 11 is 0. The molecule has 1 aromatic rings. The van der Waals surface area contributed by atoms with Gasteiger partial charge in [0.1, 0.15) is 5.41 Å². The zero-order valence-electron chi connectivity index (χ0n) is 17.3. The van der Waals surface area contributed by atoms with E-state index in [9.17, 15) is 9.59 Å². The number of carbonyl (C=O) groups excluding carboxylic acids is 2. The summed E-state index contributed by atoms with van der Waals surface area (Å²) < 4.78 is 0. The maximum atomic E-state index is 13.3. The lowest BCUT2D eigenvalue weighted by Crippen LogP contribution is -2.55. The van der Waals surface area contributed by atoms with Gasteiger partial charge in [0.15, 0.2) is 0 Å². The monoisotopic (exact) mass is 383 g/mol. The molecule has 2 amide bonds. The van der Waals surface area contributed by atoms with Crippen LogP contribution < -0.4 is 4.90 Å². The molecule has 5 heteroatoms. The van der Waals surface area contributed by atoms with Gasteiger partial charge >= 0.3 is 0 Å². The van der Waals surface area contributed by atoms with E-state index in [1.54, 1.807) is 0 Å². The lowest BCUT2D eigenvalue weighted by Gasteiger charge is -2.40. The first-order chi connectivity index (χ1) is 13.5. The van der Waals surface area contributed by atoms with Crippen molar-refractivity contribution >= 4 is 17.5 Å². The maximum Gasteiger partial charge on any atom is 0.238 e. The summed E-state index contributed by atoms with van der Waals surface area (Å²) in [6.07, 6.45) is 5.81. The fourth-order valence-electron chi connectivity index (χ4n) is 4.91. The number of amides is 2. The summed E-state index contributed by atoms with van der Waals surface area (Å²) in [7, 11) is 0. The van der Waals surface area contributed by atoms with Gasteiger partial charge in [-0.3, -0.25) is 9.59 Å². The summed E-state index contributed by atoms with van der Waals surface area (Å²) in [6.45, 7) is 8.17. The number of benzene rings is 1. The number of nitrogens with zero attached hydrogens (tertiary/aromatic N) is 3. The molecule has 3 fully saturated rings. The van der Waals surface area contributed by atoms with Crippen LogP contribution in [-0.4, -0.2) is 60.4 Å². The molecule has 28 heavy (non-hydrogen) atoms. The summed E-state index contributed by atoms with van der Waals surface area (Å²) in [4.78, 5) is 33.0. The van der Waals surface area contributed by atoms with Crippen molar-refractivity contribution in [2.24, 2.45) is 5.41 Å². The molecule has 1 aliphatic carbocycles. The first-order valence-electron chi connectivity index (χ1n) is 11.0. The Bertz CT molecular complexity index is 735. The number of anilines is 1. The first-order valence-corrected chi connectivity index (χ1v) is 11.0. The number of piperazine rings is 1. The van der Waals surface area contributed by atoms with Gasteiger partial charge in [0.25, 0.3) is 0 Å².